The van der Waals surface area contributed by atoms with Gasteiger partial charge in [-0.3, -0.25) is 14.4 Å². The maximum Gasteiger partial charge on any atom is 0.328 e. The minimum absolute atomic E-state index is 0.0753. The molecule has 1 fully saturated rings. The van der Waals surface area contributed by atoms with E-state index >= 15 is 0 Å². The van der Waals surface area contributed by atoms with E-state index in [0.29, 0.717) is 12.8 Å². The van der Waals surface area contributed by atoms with Crippen molar-refractivity contribution < 1.29 is 29.4 Å². The molecule has 4 unspecified atom stereocenters. The fourth-order valence-electron chi connectivity index (χ4n) is 4.34. The lowest BCUT2D eigenvalue weighted by Crippen LogP contribution is -2.58. The number of benzene rings is 1. The number of aromatic nitrogens is 1. The predicted octanol–water partition coefficient (Wildman–Crippen LogP) is 0.0398. The van der Waals surface area contributed by atoms with Crippen molar-refractivity contribution in [1.29, 1.82) is 0 Å². The van der Waals surface area contributed by atoms with Crippen LogP contribution in [0.25, 0.3) is 10.9 Å². The molecule has 36 heavy (non-hydrogen) atoms. The fourth-order valence-corrected chi connectivity index (χ4v) is 4.34. The number of hydrogen-bond acceptors (Lipinski definition) is 6. The standard InChI is InChI=1S/C25H35N5O6/c1-14(2)10-19(28-22(32)18-8-5-9-26-18)23(33)29-20(24(34)30-21(13-31)25(35)36)11-15-12-27-17-7-4-3-6-16(15)17/h3-4,6-7,12,14,18-21,26-27,31H,5,8-11,13H2,1-2H3,(H,28,32)(H,29,33)(H,30,34)(H,35,36). The molecule has 11 nitrogen and oxygen atoms in total. The molecule has 196 valence electrons. The van der Waals surface area contributed by atoms with Crippen molar-refractivity contribution in [2.24, 2.45) is 5.92 Å². The van der Waals surface area contributed by atoms with Crippen molar-refractivity contribution >= 4 is 34.6 Å². The number of carboxylic acids is 1. The number of aliphatic hydroxyl groups is 1. The number of carbonyl (C=O) groups excluding carboxylic acids is 3. The summed E-state index contributed by atoms with van der Waals surface area (Å²) in [5, 5.41) is 30.4. The molecule has 3 rings (SSSR count). The van der Waals surface area contributed by atoms with Gasteiger partial charge in [0.15, 0.2) is 0 Å². The third kappa shape index (κ3) is 7.05. The van der Waals surface area contributed by atoms with Crippen molar-refractivity contribution in [2.45, 2.75) is 63.7 Å². The molecule has 1 aromatic carbocycles. The Labute approximate surface area is 209 Å². The molecule has 1 saturated heterocycles. The number of aliphatic hydroxyl groups excluding tert-OH is 1. The summed E-state index contributed by atoms with van der Waals surface area (Å²) in [4.78, 5) is 53.6. The van der Waals surface area contributed by atoms with Gasteiger partial charge in [0.1, 0.15) is 18.1 Å². The van der Waals surface area contributed by atoms with Gasteiger partial charge >= 0.3 is 5.97 Å². The smallest absolute Gasteiger partial charge is 0.328 e. The van der Waals surface area contributed by atoms with Crippen molar-refractivity contribution in [3.8, 4) is 0 Å². The predicted molar refractivity (Wildman–Crippen MR) is 133 cm³/mol. The summed E-state index contributed by atoms with van der Waals surface area (Å²) in [6, 6.07) is 3.59. The first-order valence-electron chi connectivity index (χ1n) is 12.2. The lowest BCUT2D eigenvalue weighted by molar-refractivity contribution is -0.143. The first-order chi connectivity index (χ1) is 17.2. The zero-order valence-electron chi connectivity index (χ0n) is 20.5. The third-order valence-corrected chi connectivity index (χ3v) is 6.25. The first-order valence-corrected chi connectivity index (χ1v) is 12.2. The Morgan fingerprint density at radius 1 is 1.03 bits per heavy atom. The second-order valence-electron chi connectivity index (χ2n) is 9.55. The van der Waals surface area contributed by atoms with Gasteiger partial charge in [-0.25, -0.2) is 4.79 Å². The largest absolute Gasteiger partial charge is 0.480 e. The van der Waals surface area contributed by atoms with Gasteiger partial charge in [0.25, 0.3) is 0 Å². The number of aliphatic carboxylic acids is 1. The molecule has 2 aromatic rings. The van der Waals surface area contributed by atoms with Crippen LogP contribution in [0.5, 0.6) is 0 Å². The number of carboxylic acid groups (broad SMARTS) is 1. The van der Waals surface area contributed by atoms with Gasteiger partial charge in [-0.15, -0.1) is 0 Å². The van der Waals surface area contributed by atoms with Crippen LogP contribution in [0, 0.1) is 5.92 Å². The average Bonchev–Trinajstić information content (AvgIpc) is 3.51. The van der Waals surface area contributed by atoms with E-state index in [9.17, 15) is 29.4 Å². The summed E-state index contributed by atoms with van der Waals surface area (Å²) in [5.41, 5.74) is 1.60. The van der Waals surface area contributed by atoms with Gasteiger partial charge in [-0.1, -0.05) is 32.0 Å². The number of nitrogens with one attached hydrogen (secondary N) is 5. The summed E-state index contributed by atoms with van der Waals surface area (Å²) in [6.45, 7) is 3.79. The van der Waals surface area contributed by atoms with Crippen LogP contribution in [-0.4, -0.2) is 76.2 Å². The van der Waals surface area contributed by atoms with Crippen LogP contribution in [0.4, 0.5) is 0 Å². The second-order valence-corrected chi connectivity index (χ2v) is 9.55. The number of hydrogen-bond donors (Lipinski definition) is 7. The molecule has 2 heterocycles. The summed E-state index contributed by atoms with van der Waals surface area (Å²) < 4.78 is 0. The summed E-state index contributed by atoms with van der Waals surface area (Å²) in [6.07, 6.45) is 3.73. The molecular weight excluding hydrogens is 466 g/mol. The maximum absolute atomic E-state index is 13.3. The number of amides is 3. The Balaban J connectivity index is 1.81. The molecule has 0 spiro atoms. The summed E-state index contributed by atoms with van der Waals surface area (Å²) >= 11 is 0. The molecule has 3 amide bonds. The Bertz CT molecular complexity index is 1080. The molecular formula is C25H35N5O6. The molecule has 11 heteroatoms. The minimum Gasteiger partial charge on any atom is -0.480 e. The van der Waals surface area contributed by atoms with Crippen molar-refractivity contribution in [1.82, 2.24) is 26.3 Å². The van der Waals surface area contributed by atoms with E-state index in [1.165, 1.54) is 0 Å². The number of carbonyl (C=O) groups is 4. The van der Waals surface area contributed by atoms with Crippen LogP contribution in [0.15, 0.2) is 30.5 Å². The first kappa shape index (κ1) is 27.2. The molecule has 1 aromatic heterocycles. The fraction of sp³-hybridized carbons (Fsp3) is 0.520. The van der Waals surface area contributed by atoms with Crippen LogP contribution in [0.2, 0.25) is 0 Å². The molecule has 0 aliphatic carbocycles. The van der Waals surface area contributed by atoms with E-state index in [1.807, 2.05) is 38.1 Å². The number of H-pyrrole nitrogens is 1. The Kier molecular flexibility index (Phi) is 9.43. The highest BCUT2D eigenvalue weighted by molar-refractivity contribution is 5.95. The third-order valence-electron chi connectivity index (χ3n) is 6.25. The molecule has 1 aliphatic rings. The van der Waals surface area contributed by atoms with Crippen LogP contribution in [0.3, 0.4) is 0 Å². The lowest BCUT2D eigenvalue weighted by Gasteiger charge is -2.26. The van der Waals surface area contributed by atoms with E-state index < -0.39 is 42.5 Å². The van der Waals surface area contributed by atoms with Crippen LogP contribution >= 0.6 is 0 Å². The minimum atomic E-state index is -1.51. The van der Waals surface area contributed by atoms with Gasteiger partial charge in [0.05, 0.1) is 12.6 Å². The second kappa shape index (κ2) is 12.5. The normalized spacial score (nSPS) is 17.9. The zero-order chi connectivity index (χ0) is 26.2. The van der Waals surface area contributed by atoms with E-state index in [2.05, 4.69) is 26.3 Å². The molecule has 4 atom stereocenters. The Morgan fingerprint density at radius 2 is 1.72 bits per heavy atom. The molecule has 7 N–H and O–H groups in total. The van der Waals surface area contributed by atoms with Gasteiger partial charge < -0.3 is 36.5 Å². The van der Waals surface area contributed by atoms with Crippen LogP contribution in [-0.2, 0) is 25.6 Å². The van der Waals surface area contributed by atoms with Gasteiger partial charge in [0.2, 0.25) is 17.7 Å². The number of fused-ring (bicyclic) bond motifs is 1. The highest BCUT2D eigenvalue weighted by Gasteiger charge is 2.32. The summed E-state index contributed by atoms with van der Waals surface area (Å²) in [5.74, 6) is -2.86. The highest BCUT2D eigenvalue weighted by atomic mass is 16.4. The van der Waals surface area contributed by atoms with E-state index in [4.69, 9.17) is 0 Å². The molecule has 0 saturated carbocycles. The van der Waals surface area contributed by atoms with Gasteiger partial charge in [-0.05, 0) is 43.4 Å². The molecule has 1 aliphatic heterocycles. The van der Waals surface area contributed by atoms with Crippen molar-refractivity contribution in [3.05, 3.63) is 36.0 Å². The van der Waals surface area contributed by atoms with Crippen LogP contribution < -0.4 is 21.3 Å². The topological polar surface area (TPSA) is 173 Å². The van der Waals surface area contributed by atoms with Crippen molar-refractivity contribution in [3.63, 3.8) is 0 Å². The van der Waals surface area contributed by atoms with Gasteiger partial charge in [-0.2, -0.15) is 0 Å². The number of para-hydroxylation sites is 1. The average molecular weight is 502 g/mol. The number of rotatable bonds is 12. The Morgan fingerprint density at radius 3 is 2.36 bits per heavy atom. The Hall–Kier alpha value is -3.44. The monoisotopic (exact) mass is 501 g/mol. The SMILES string of the molecule is CC(C)CC(NC(=O)C1CCCN1)C(=O)NC(Cc1c[nH]c2ccccc12)C(=O)NC(CO)C(=O)O. The quantitative estimate of drug-likeness (QED) is 0.215. The number of aromatic amines is 1. The molecule has 0 bridgehead atoms. The van der Waals surface area contributed by atoms with E-state index in [-0.39, 0.29) is 24.3 Å². The van der Waals surface area contributed by atoms with Crippen LogP contribution in [0.1, 0.15) is 38.7 Å². The van der Waals surface area contributed by atoms with Gasteiger partial charge in [0, 0.05) is 23.5 Å². The zero-order valence-corrected chi connectivity index (χ0v) is 20.5. The van der Waals surface area contributed by atoms with E-state index in [1.54, 1.807) is 6.20 Å². The maximum atomic E-state index is 13.3. The van der Waals surface area contributed by atoms with Crippen molar-refractivity contribution in [2.75, 3.05) is 13.2 Å². The highest BCUT2D eigenvalue weighted by Crippen LogP contribution is 2.19. The van der Waals surface area contributed by atoms with E-state index in [0.717, 1.165) is 29.4 Å². The molecule has 0 radical (unpaired) electrons. The summed E-state index contributed by atoms with van der Waals surface area (Å²) in [7, 11) is 0. The lowest BCUT2D eigenvalue weighted by atomic mass is 10.00.